The molecule has 0 rings (SSSR count). The first-order chi connectivity index (χ1) is 8.96. The van der Waals surface area contributed by atoms with Gasteiger partial charge < -0.3 is 11.1 Å². The monoisotopic (exact) mass is 271 g/mol. The van der Waals surface area contributed by atoms with Gasteiger partial charge in [-0.2, -0.15) is 0 Å². The van der Waals surface area contributed by atoms with E-state index in [1.54, 1.807) is 0 Å². The highest BCUT2D eigenvalue weighted by atomic mass is 16.1. The zero-order chi connectivity index (χ0) is 14.8. The second-order valence-corrected chi connectivity index (χ2v) is 5.73. The zero-order valence-electron chi connectivity index (χ0n) is 13.4. The molecule has 0 saturated heterocycles. The SMILES string of the molecule is CCCNC(CN(CC(C)C)C(CC)CC)C(N)=O. The van der Waals surface area contributed by atoms with Gasteiger partial charge in [-0.05, 0) is 31.7 Å². The van der Waals surface area contributed by atoms with Crippen LogP contribution in [0.5, 0.6) is 0 Å². The lowest BCUT2D eigenvalue weighted by Gasteiger charge is -2.34. The zero-order valence-corrected chi connectivity index (χ0v) is 13.4. The highest BCUT2D eigenvalue weighted by molar-refractivity contribution is 5.80. The molecule has 0 spiro atoms. The van der Waals surface area contributed by atoms with E-state index in [1.165, 1.54) is 0 Å². The summed E-state index contributed by atoms with van der Waals surface area (Å²) in [4.78, 5) is 14.0. The van der Waals surface area contributed by atoms with E-state index in [1.807, 2.05) is 0 Å². The lowest BCUT2D eigenvalue weighted by molar-refractivity contribution is -0.120. The number of nitrogens with zero attached hydrogens (tertiary/aromatic N) is 1. The van der Waals surface area contributed by atoms with Crippen molar-refractivity contribution in [2.45, 2.75) is 66.0 Å². The molecule has 0 aliphatic carbocycles. The Morgan fingerprint density at radius 3 is 2.11 bits per heavy atom. The van der Waals surface area contributed by atoms with Crippen molar-refractivity contribution in [3.8, 4) is 0 Å². The van der Waals surface area contributed by atoms with Crippen molar-refractivity contribution in [2.24, 2.45) is 11.7 Å². The second kappa shape index (κ2) is 10.2. The van der Waals surface area contributed by atoms with Gasteiger partial charge in [0.2, 0.25) is 5.91 Å². The Hall–Kier alpha value is -0.610. The molecule has 1 unspecified atom stereocenters. The Kier molecular flexibility index (Phi) is 9.88. The highest BCUT2D eigenvalue weighted by Gasteiger charge is 2.23. The number of hydrogen-bond donors (Lipinski definition) is 2. The standard InChI is InChI=1S/C15H33N3O/c1-6-9-17-14(15(16)19)11-18(10-12(4)5)13(7-2)8-3/h12-14,17H,6-11H2,1-5H3,(H2,16,19). The summed E-state index contributed by atoms with van der Waals surface area (Å²) in [6.45, 7) is 13.5. The number of primary amides is 1. The molecular formula is C15H33N3O. The highest BCUT2D eigenvalue weighted by Crippen LogP contribution is 2.12. The number of carbonyl (C=O) groups excluding carboxylic acids is 1. The van der Waals surface area contributed by atoms with Crippen molar-refractivity contribution >= 4 is 5.91 Å². The molecule has 0 aromatic rings. The maximum Gasteiger partial charge on any atom is 0.235 e. The van der Waals surface area contributed by atoms with E-state index >= 15 is 0 Å². The summed E-state index contributed by atoms with van der Waals surface area (Å²) in [6, 6.07) is 0.298. The van der Waals surface area contributed by atoms with E-state index in [-0.39, 0.29) is 11.9 Å². The van der Waals surface area contributed by atoms with E-state index in [9.17, 15) is 4.79 Å². The van der Waals surface area contributed by atoms with Crippen LogP contribution < -0.4 is 11.1 Å². The van der Waals surface area contributed by atoms with Crippen LogP contribution in [0, 0.1) is 5.92 Å². The third kappa shape index (κ3) is 7.53. The molecule has 0 aromatic heterocycles. The van der Waals surface area contributed by atoms with Crippen LogP contribution in [0.4, 0.5) is 0 Å². The first kappa shape index (κ1) is 18.4. The summed E-state index contributed by atoms with van der Waals surface area (Å²) in [7, 11) is 0. The van der Waals surface area contributed by atoms with Crippen LogP contribution in [0.3, 0.4) is 0 Å². The summed E-state index contributed by atoms with van der Waals surface area (Å²) in [5, 5.41) is 3.26. The minimum atomic E-state index is -0.242. The molecule has 0 heterocycles. The fourth-order valence-corrected chi connectivity index (χ4v) is 2.45. The number of nitrogens with two attached hydrogens (primary N) is 1. The summed E-state index contributed by atoms with van der Waals surface area (Å²) in [5.74, 6) is 0.355. The normalized spacial score (nSPS) is 13.5. The van der Waals surface area contributed by atoms with Crippen molar-refractivity contribution in [3.05, 3.63) is 0 Å². The Morgan fingerprint density at radius 1 is 1.16 bits per heavy atom. The van der Waals surface area contributed by atoms with Gasteiger partial charge in [-0.1, -0.05) is 34.6 Å². The van der Waals surface area contributed by atoms with Gasteiger partial charge in [-0.25, -0.2) is 0 Å². The predicted octanol–water partition coefficient (Wildman–Crippen LogP) is 1.99. The minimum absolute atomic E-state index is 0.237. The van der Waals surface area contributed by atoms with Gasteiger partial charge in [-0.15, -0.1) is 0 Å². The molecule has 4 heteroatoms. The van der Waals surface area contributed by atoms with Crippen LogP contribution in [0.2, 0.25) is 0 Å². The molecule has 3 N–H and O–H groups in total. The van der Waals surface area contributed by atoms with E-state index in [2.05, 4.69) is 44.8 Å². The molecule has 0 bridgehead atoms. The van der Waals surface area contributed by atoms with Crippen LogP contribution in [0.15, 0.2) is 0 Å². The van der Waals surface area contributed by atoms with Gasteiger partial charge >= 0.3 is 0 Å². The lowest BCUT2D eigenvalue weighted by atomic mass is 10.1. The topological polar surface area (TPSA) is 58.4 Å². The summed E-state index contributed by atoms with van der Waals surface area (Å²) in [5.41, 5.74) is 5.51. The summed E-state index contributed by atoms with van der Waals surface area (Å²) < 4.78 is 0. The first-order valence-corrected chi connectivity index (χ1v) is 7.72. The molecule has 0 radical (unpaired) electrons. The summed E-state index contributed by atoms with van der Waals surface area (Å²) in [6.07, 6.45) is 3.24. The molecule has 4 nitrogen and oxygen atoms in total. The minimum Gasteiger partial charge on any atom is -0.368 e. The number of amides is 1. The quantitative estimate of drug-likeness (QED) is 0.604. The molecule has 114 valence electrons. The Labute approximate surface area is 119 Å². The number of carbonyl (C=O) groups is 1. The van der Waals surface area contributed by atoms with Gasteiger partial charge in [0.25, 0.3) is 0 Å². The Morgan fingerprint density at radius 2 is 1.74 bits per heavy atom. The molecule has 0 aliphatic rings. The van der Waals surface area contributed by atoms with E-state index in [0.717, 1.165) is 38.9 Å². The smallest absolute Gasteiger partial charge is 0.235 e. The number of rotatable bonds is 11. The fourth-order valence-electron chi connectivity index (χ4n) is 2.45. The van der Waals surface area contributed by atoms with Crippen LogP contribution in [0.1, 0.15) is 53.9 Å². The molecule has 0 fully saturated rings. The average Bonchev–Trinajstić information content (AvgIpc) is 2.34. The maximum absolute atomic E-state index is 11.6. The largest absolute Gasteiger partial charge is 0.368 e. The van der Waals surface area contributed by atoms with Crippen molar-refractivity contribution in [1.82, 2.24) is 10.2 Å². The van der Waals surface area contributed by atoms with Gasteiger partial charge in [0.05, 0.1) is 6.04 Å². The fraction of sp³-hybridized carbons (Fsp3) is 0.933. The maximum atomic E-state index is 11.6. The van der Waals surface area contributed by atoms with E-state index in [0.29, 0.717) is 12.0 Å². The van der Waals surface area contributed by atoms with Gasteiger partial charge in [0.15, 0.2) is 0 Å². The van der Waals surface area contributed by atoms with Crippen molar-refractivity contribution in [2.75, 3.05) is 19.6 Å². The average molecular weight is 271 g/mol. The summed E-state index contributed by atoms with van der Waals surface area (Å²) >= 11 is 0. The van der Waals surface area contributed by atoms with Crippen LogP contribution in [-0.2, 0) is 4.79 Å². The van der Waals surface area contributed by atoms with Crippen molar-refractivity contribution in [1.29, 1.82) is 0 Å². The lowest BCUT2D eigenvalue weighted by Crippen LogP contribution is -2.52. The molecule has 0 aromatic carbocycles. The molecule has 1 atom stereocenters. The second-order valence-electron chi connectivity index (χ2n) is 5.73. The Bertz CT molecular complexity index is 240. The third-order valence-corrected chi connectivity index (χ3v) is 3.46. The molecule has 0 saturated carbocycles. The first-order valence-electron chi connectivity index (χ1n) is 7.72. The van der Waals surface area contributed by atoms with Gasteiger partial charge in [0, 0.05) is 19.1 Å². The van der Waals surface area contributed by atoms with Crippen molar-refractivity contribution < 1.29 is 4.79 Å². The van der Waals surface area contributed by atoms with Crippen LogP contribution >= 0.6 is 0 Å². The van der Waals surface area contributed by atoms with Crippen molar-refractivity contribution in [3.63, 3.8) is 0 Å². The van der Waals surface area contributed by atoms with Crippen LogP contribution in [-0.4, -0.2) is 42.5 Å². The van der Waals surface area contributed by atoms with Crippen LogP contribution in [0.25, 0.3) is 0 Å². The van der Waals surface area contributed by atoms with E-state index < -0.39 is 0 Å². The number of hydrogen-bond acceptors (Lipinski definition) is 3. The van der Waals surface area contributed by atoms with Gasteiger partial charge in [0.1, 0.15) is 0 Å². The predicted molar refractivity (Wildman–Crippen MR) is 82.1 cm³/mol. The third-order valence-electron chi connectivity index (χ3n) is 3.46. The van der Waals surface area contributed by atoms with Gasteiger partial charge in [-0.3, -0.25) is 9.69 Å². The molecule has 0 aliphatic heterocycles. The molecule has 1 amide bonds. The Balaban J connectivity index is 4.68. The molecule has 19 heavy (non-hydrogen) atoms. The number of nitrogens with one attached hydrogen (secondary N) is 1. The molecular weight excluding hydrogens is 238 g/mol. The van der Waals surface area contributed by atoms with E-state index in [4.69, 9.17) is 5.73 Å².